The van der Waals surface area contributed by atoms with E-state index in [4.69, 9.17) is 0 Å². The molecule has 1 N–H and O–H groups in total. The Morgan fingerprint density at radius 3 is 2.83 bits per heavy atom. The van der Waals surface area contributed by atoms with E-state index in [0.717, 1.165) is 25.8 Å². The smallest absolute Gasteiger partial charge is 0.233 e. The van der Waals surface area contributed by atoms with Gasteiger partial charge in [-0.1, -0.05) is 42.0 Å². The molecule has 0 fully saturated rings. The van der Waals surface area contributed by atoms with E-state index in [1.54, 1.807) is 11.8 Å². The van der Waals surface area contributed by atoms with E-state index in [-0.39, 0.29) is 11.2 Å². The van der Waals surface area contributed by atoms with E-state index >= 15 is 0 Å². The van der Waals surface area contributed by atoms with Gasteiger partial charge in [0.1, 0.15) is 0 Å². The molecule has 2 aromatic carbocycles. The molecule has 1 aliphatic heterocycles. The first-order valence-electron chi connectivity index (χ1n) is 8.22. The van der Waals surface area contributed by atoms with Crippen molar-refractivity contribution in [1.29, 1.82) is 0 Å². The van der Waals surface area contributed by atoms with Crippen LogP contribution in [0.1, 0.15) is 28.7 Å². The minimum Gasteiger partial charge on any atom is -0.355 e. The summed E-state index contributed by atoms with van der Waals surface area (Å²) in [6.07, 6.45) is 2.86. The number of hydrogen-bond donors (Lipinski definition) is 1. The number of thioether (sulfide) groups is 1. The van der Waals surface area contributed by atoms with Crippen LogP contribution in [0, 0.1) is 13.8 Å². The summed E-state index contributed by atoms with van der Waals surface area (Å²) in [7, 11) is 0. The molecule has 0 aliphatic carbocycles. The maximum absolute atomic E-state index is 12.3. The van der Waals surface area contributed by atoms with Gasteiger partial charge in [0.2, 0.25) is 5.91 Å². The molecule has 0 saturated heterocycles. The third kappa shape index (κ3) is 3.97. The SMILES string of the molecule is Cc1ccc(CCCNC(=O)[C@H]2Cc3ccccc3S2)c(C)c1. The normalized spacial score (nSPS) is 16.2. The average molecular weight is 325 g/mol. The highest BCUT2D eigenvalue weighted by atomic mass is 32.2. The summed E-state index contributed by atoms with van der Waals surface area (Å²) in [5, 5.41) is 3.14. The molecule has 0 bridgehead atoms. The molecule has 2 aromatic rings. The number of carbonyl (C=O) groups is 1. The molecule has 0 aromatic heterocycles. The van der Waals surface area contributed by atoms with Crippen LogP contribution in [-0.4, -0.2) is 17.7 Å². The summed E-state index contributed by atoms with van der Waals surface area (Å²) >= 11 is 1.69. The Kier molecular flexibility index (Phi) is 5.06. The standard InChI is InChI=1S/C20H23NOS/c1-14-9-10-16(15(2)12-14)7-5-11-21-20(22)19-13-17-6-3-4-8-18(17)23-19/h3-4,6,8-10,12,19H,5,7,11,13H2,1-2H3,(H,21,22)/t19-/m1/s1. The van der Waals surface area contributed by atoms with Crippen LogP contribution >= 0.6 is 11.8 Å². The Hall–Kier alpha value is -1.74. The minimum atomic E-state index is 0.0357. The number of carbonyl (C=O) groups excluding carboxylic acids is 1. The molecule has 0 saturated carbocycles. The van der Waals surface area contributed by atoms with Crippen LogP contribution in [0.5, 0.6) is 0 Å². The molecule has 120 valence electrons. The van der Waals surface area contributed by atoms with Crippen molar-refractivity contribution in [1.82, 2.24) is 5.32 Å². The highest BCUT2D eigenvalue weighted by molar-refractivity contribution is 8.01. The van der Waals surface area contributed by atoms with Gasteiger partial charge in [0.05, 0.1) is 5.25 Å². The molecule has 23 heavy (non-hydrogen) atoms. The molecule has 1 atom stereocenters. The van der Waals surface area contributed by atoms with Crippen LogP contribution < -0.4 is 5.32 Å². The zero-order chi connectivity index (χ0) is 16.2. The predicted octanol–water partition coefficient (Wildman–Crippen LogP) is 4.07. The molecule has 1 aliphatic rings. The van der Waals surface area contributed by atoms with Gasteiger partial charge in [-0.3, -0.25) is 4.79 Å². The lowest BCUT2D eigenvalue weighted by Crippen LogP contribution is -2.33. The second kappa shape index (κ2) is 7.22. The molecule has 1 heterocycles. The summed E-state index contributed by atoms with van der Waals surface area (Å²) in [6.45, 7) is 5.03. The molecule has 3 rings (SSSR count). The summed E-state index contributed by atoms with van der Waals surface area (Å²) in [4.78, 5) is 13.6. The monoisotopic (exact) mass is 325 g/mol. The van der Waals surface area contributed by atoms with Crippen molar-refractivity contribution < 1.29 is 4.79 Å². The lowest BCUT2D eigenvalue weighted by atomic mass is 10.0. The highest BCUT2D eigenvalue weighted by Crippen LogP contribution is 2.36. The second-order valence-corrected chi connectivity index (χ2v) is 7.49. The Balaban J connectivity index is 1.44. The number of amides is 1. The van der Waals surface area contributed by atoms with Crippen LogP contribution in [0.25, 0.3) is 0 Å². The molecular formula is C20H23NOS. The molecule has 0 unspecified atom stereocenters. The van der Waals surface area contributed by atoms with Gasteiger partial charge in [-0.15, -0.1) is 11.8 Å². The third-order valence-corrected chi connectivity index (χ3v) is 5.68. The first-order chi connectivity index (χ1) is 11.1. The van der Waals surface area contributed by atoms with Crippen molar-refractivity contribution in [3.05, 3.63) is 64.7 Å². The van der Waals surface area contributed by atoms with Crippen LogP contribution in [0.3, 0.4) is 0 Å². The zero-order valence-corrected chi connectivity index (χ0v) is 14.6. The van der Waals surface area contributed by atoms with Gasteiger partial charge in [-0.05, 0) is 55.9 Å². The van der Waals surface area contributed by atoms with Gasteiger partial charge in [-0.25, -0.2) is 0 Å². The molecule has 0 radical (unpaired) electrons. The van der Waals surface area contributed by atoms with E-state index in [2.05, 4.69) is 49.5 Å². The number of hydrogen-bond acceptors (Lipinski definition) is 2. The van der Waals surface area contributed by atoms with E-state index in [1.165, 1.54) is 27.1 Å². The number of aryl methyl sites for hydroxylation is 3. The molecule has 2 nitrogen and oxygen atoms in total. The minimum absolute atomic E-state index is 0.0357. The number of nitrogens with one attached hydrogen (secondary N) is 1. The Morgan fingerprint density at radius 2 is 2.04 bits per heavy atom. The number of rotatable bonds is 5. The fourth-order valence-corrected chi connectivity index (χ4v) is 4.28. The third-order valence-electron chi connectivity index (χ3n) is 4.36. The Labute approximate surface area is 142 Å². The maximum Gasteiger partial charge on any atom is 0.233 e. The molecular weight excluding hydrogens is 302 g/mol. The summed E-state index contributed by atoms with van der Waals surface area (Å²) in [5.41, 5.74) is 5.33. The van der Waals surface area contributed by atoms with Crippen molar-refractivity contribution in [2.75, 3.05) is 6.54 Å². The van der Waals surface area contributed by atoms with Gasteiger partial charge in [0.25, 0.3) is 0 Å². The fraction of sp³-hybridized carbons (Fsp3) is 0.350. The van der Waals surface area contributed by atoms with Crippen LogP contribution in [0.15, 0.2) is 47.4 Å². The Morgan fingerprint density at radius 1 is 1.22 bits per heavy atom. The lowest BCUT2D eigenvalue weighted by molar-refractivity contribution is -0.120. The van der Waals surface area contributed by atoms with Crippen molar-refractivity contribution >= 4 is 17.7 Å². The van der Waals surface area contributed by atoms with E-state index in [9.17, 15) is 4.79 Å². The predicted molar refractivity (Wildman–Crippen MR) is 97.0 cm³/mol. The van der Waals surface area contributed by atoms with Crippen molar-refractivity contribution in [3.8, 4) is 0 Å². The zero-order valence-electron chi connectivity index (χ0n) is 13.8. The number of fused-ring (bicyclic) bond motifs is 1. The number of benzene rings is 2. The first-order valence-corrected chi connectivity index (χ1v) is 9.10. The molecule has 0 spiro atoms. The van der Waals surface area contributed by atoms with Gasteiger partial charge >= 0.3 is 0 Å². The average Bonchev–Trinajstić information content (AvgIpc) is 2.97. The fourth-order valence-electron chi connectivity index (χ4n) is 3.06. The van der Waals surface area contributed by atoms with Gasteiger partial charge in [-0.2, -0.15) is 0 Å². The van der Waals surface area contributed by atoms with E-state index < -0.39 is 0 Å². The summed E-state index contributed by atoms with van der Waals surface area (Å²) < 4.78 is 0. The van der Waals surface area contributed by atoms with E-state index in [1.807, 2.05) is 12.1 Å². The highest BCUT2D eigenvalue weighted by Gasteiger charge is 2.27. The van der Waals surface area contributed by atoms with Gasteiger partial charge in [0, 0.05) is 11.4 Å². The maximum atomic E-state index is 12.3. The molecule has 1 amide bonds. The topological polar surface area (TPSA) is 29.1 Å². The summed E-state index contributed by atoms with van der Waals surface area (Å²) in [6, 6.07) is 14.9. The van der Waals surface area contributed by atoms with Crippen LogP contribution in [-0.2, 0) is 17.6 Å². The van der Waals surface area contributed by atoms with E-state index in [0.29, 0.717) is 0 Å². The van der Waals surface area contributed by atoms with Gasteiger partial charge in [0.15, 0.2) is 0 Å². The van der Waals surface area contributed by atoms with Crippen molar-refractivity contribution in [3.63, 3.8) is 0 Å². The van der Waals surface area contributed by atoms with Crippen LogP contribution in [0.4, 0.5) is 0 Å². The van der Waals surface area contributed by atoms with Crippen molar-refractivity contribution in [2.24, 2.45) is 0 Å². The molecule has 3 heteroatoms. The first kappa shape index (κ1) is 16.1. The Bertz CT molecular complexity index is 686. The van der Waals surface area contributed by atoms with Gasteiger partial charge < -0.3 is 5.32 Å². The summed E-state index contributed by atoms with van der Waals surface area (Å²) in [5.74, 6) is 0.173. The van der Waals surface area contributed by atoms with Crippen LogP contribution in [0.2, 0.25) is 0 Å². The second-order valence-electron chi connectivity index (χ2n) is 6.24. The largest absolute Gasteiger partial charge is 0.355 e. The quantitative estimate of drug-likeness (QED) is 0.840. The van der Waals surface area contributed by atoms with Crippen molar-refractivity contribution in [2.45, 2.75) is 43.3 Å². The lowest BCUT2D eigenvalue weighted by Gasteiger charge is -2.11.